The van der Waals surface area contributed by atoms with Crippen LogP contribution in [0.5, 0.6) is 5.75 Å². The largest absolute Gasteiger partial charge is 0.497 e. The molecule has 0 saturated heterocycles. The summed E-state index contributed by atoms with van der Waals surface area (Å²) in [7, 11) is -2.17. The van der Waals surface area contributed by atoms with Gasteiger partial charge in [0.15, 0.2) is 0 Å². The van der Waals surface area contributed by atoms with Gasteiger partial charge in [0.1, 0.15) is 18.3 Å². The summed E-state index contributed by atoms with van der Waals surface area (Å²) >= 11 is 0. The number of amides is 2. The summed E-state index contributed by atoms with van der Waals surface area (Å²) in [6, 6.07) is 13.2. The van der Waals surface area contributed by atoms with Crippen molar-refractivity contribution in [3.63, 3.8) is 0 Å². The van der Waals surface area contributed by atoms with E-state index in [-0.39, 0.29) is 12.5 Å². The van der Waals surface area contributed by atoms with Crippen molar-refractivity contribution in [2.45, 2.75) is 33.4 Å². The molecule has 2 rings (SSSR count). The molecule has 0 aliphatic carbocycles. The van der Waals surface area contributed by atoms with Gasteiger partial charge in [0.25, 0.3) is 0 Å². The Morgan fingerprint density at radius 2 is 1.66 bits per heavy atom. The minimum absolute atomic E-state index is 0.145. The SMILES string of the molecule is CCNC(=O)[C@H](C)N(Cc1ccc(OC)cc1)C(=O)CN(c1ccc(C)cc1)S(C)(=O)=O. The Morgan fingerprint density at radius 1 is 1.06 bits per heavy atom. The molecule has 2 aromatic rings. The van der Waals surface area contributed by atoms with Gasteiger partial charge in [-0.2, -0.15) is 0 Å². The molecule has 0 radical (unpaired) electrons. The summed E-state index contributed by atoms with van der Waals surface area (Å²) in [4.78, 5) is 27.2. The molecule has 0 bridgehead atoms. The number of carbonyl (C=O) groups is 2. The van der Waals surface area contributed by atoms with E-state index < -0.39 is 28.5 Å². The molecule has 1 N–H and O–H groups in total. The van der Waals surface area contributed by atoms with Crippen LogP contribution in [-0.2, 0) is 26.2 Å². The van der Waals surface area contributed by atoms with Gasteiger partial charge in [0, 0.05) is 13.1 Å². The monoisotopic (exact) mass is 461 g/mol. The second-order valence-electron chi connectivity index (χ2n) is 7.55. The number of anilines is 1. The highest BCUT2D eigenvalue weighted by molar-refractivity contribution is 7.92. The van der Waals surface area contributed by atoms with Crippen LogP contribution >= 0.6 is 0 Å². The molecule has 9 heteroatoms. The molecule has 32 heavy (non-hydrogen) atoms. The van der Waals surface area contributed by atoms with Crippen LogP contribution in [0.15, 0.2) is 48.5 Å². The number of sulfonamides is 1. The van der Waals surface area contributed by atoms with Crippen molar-refractivity contribution >= 4 is 27.5 Å². The molecule has 2 amide bonds. The highest BCUT2D eigenvalue weighted by atomic mass is 32.2. The molecule has 0 heterocycles. The van der Waals surface area contributed by atoms with Crippen LogP contribution in [0.4, 0.5) is 5.69 Å². The Bertz CT molecular complexity index is 1020. The van der Waals surface area contributed by atoms with E-state index in [1.807, 2.05) is 6.92 Å². The van der Waals surface area contributed by atoms with E-state index >= 15 is 0 Å². The highest BCUT2D eigenvalue weighted by Crippen LogP contribution is 2.20. The Labute approximate surface area is 190 Å². The van der Waals surface area contributed by atoms with Crippen LogP contribution in [0.2, 0.25) is 0 Å². The fourth-order valence-electron chi connectivity index (χ4n) is 3.16. The highest BCUT2D eigenvalue weighted by Gasteiger charge is 2.29. The fraction of sp³-hybridized carbons (Fsp3) is 0.391. The van der Waals surface area contributed by atoms with Crippen LogP contribution in [-0.4, -0.2) is 57.6 Å². The molecule has 0 spiro atoms. The number of carbonyl (C=O) groups excluding carboxylic acids is 2. The number of rotatable bonds is 10. The summed E-state index contributed by atoms with van der Waals surface area (Å²) in [5.41, 5.74) is 2.15. The lowest BCUT2D eigenvalue weighted by atomic mass is 10.1. The van der Waals surface area contributed by atoms with E-state index in [4.69, 9.17) is 4.74 Å². The molecule has 0 aromatic heterocycles. The summed E-state index contributed by atoms with van der Waals surface area (Å²) in [5, 5.41) is 2.72. The molecular formula is C23H31N3O5S. The van der Waals surface area contributed by atoms with Crippen molar-refractivity contribution in [1.29, 1.82) is 0 Å². The topological polar surface area (TPSA) is 96.0 Å². The van der Waals surface area contributed by atoms with E-state index in [0.717, 1.165) is 21.7 Å². The van der Waals surface area contributed by atoms with Crippen molar-refractivity contribution in [1.82, 2.24) is 10.2 Å². The summed E-state index contributed by atoms with van der Waals surface area (Å²) in [6.07, 6.45) is 1.06. The molecule has 0 aliphatic heterocycles. The second kappa shape index (κ2) is 11.0. The van der Waals surface area contributed by atoms with Gasteiger partial charge in [-0.05, 0) is 50.6 Å². The molecule has 0 unspecified atom stereocenters. The van der Waals surface area contributed by atoms with E-state index in [0.29, 0.717) is 18.0 Å². The number of methoxy groups -OCH3 is 1. The molecule has 8 nitrogen and oxygen atoms in total. The van der Waals surface area contributed by atoms with Crippen LogP contribution < -0.4 is 14.4 Å². The summed E-state index contributed by atoms with van der Waals surface area (Å²) < 4.78 is 31.2. The standard InChI is InChI=1S/C23H31N3O5S/c1-6-24-23(28)18(3)25(15-19-9-13-21(31-4)14-10-19)22(27)16-26(32(5,29)30)20-11-7-17(2)8-12-20/h7-14,18H,6,15-16H2,1-5H3,(H,24,28)/t18-/m0/s1. The van der Waals surface area contributed by atoms with Crippen molar-refractivity contribution < 1.29 is 22.7 Å². The zero-order valence-electron chi connectivity index (χ0n) is 19.2. The number of likely N-dealkylation sites (N-methyl/N-ethyl adjacent to an activating group) is 1. The minimum atomic E-state index is -3.73. The number of hydrogen-bond donors (Lipinski definition) is 1. The van der Waals surface area contributed by atoms with Crippen molar-refractivity contribution in [3.8, 4) is 5.75 Å². The molecule has 0 aliphatic rings. The van der Waals surface area contributed by atoms with Gasteiger partial charge >= 0.3 is 0 Å². The number of benzene rings is 2. The van der Waals surface area contributed by atoms with Gasteiger partial charge in [0.2, 0.25) is 21.8 Å². The van der Waals surface area contributed by atoms with Gasteiger partial charge < -0.3 is 15.0 Å². The molecule has 0 fully saturated rings. The Morgan fingerprint density at radius 3 is 2.16 bits per heavy atom. The van der Waals surface area contributed by atoms with Crippen LogP contribution in [0.25, 0.3) is 0 Å². The van der Waals surface area contributed by atoms with Gasteiger partial charge in [-0.25, -0.2) is 8.42 Å². The summed E-state index contributed by atoms with van der Waals surface area (Å²) in [5.74, 6) is -0.118. The number of hydrogen-bond acceptors (Lipinski definition) is 5. The summed E-state index contributed by atoms with van der Waals surface area (Å²) in [6.45, 7) is 5.47. The Hall–Kier alpha value is -3.07. The first-order valence-electron chi connectivity index (χ1n) is 10.3. The smallest absolute Gasteiger partial charge is 0.244 e. The maximum Gasteiger partial charge on any atom is 0.244 e. The molecule has 1 atom stereocenters. The van der Waals surface area contributed by atoms with E-state index in [1.165, 1.54) is 4.90 Å². The maximum atomic E-state index is 13.3. The third-order valence-electron chi connectivity index (χ3n) is 5.03. The zero-order chi connectivity index (χ0) is 23.9. The third kappa shape index (κ3) is 6.71. The van der Waals surface area contributed by atoms with E-state index in [1.54, 1.807) is 69.5 Å². The van der Waals surface area contributed by atoms with Gasteiger partial charge in [-0.1, -0.05) is 29.8 Å². The van der Waals surface area contributed by atoms with Gasteiger partial charge in [-0.3, -0.25) is 13.9 Å². The number of aryl methyl sites for hydroxylation is 1. The van der Waals surface area contributed by atoms with Crippen molar-refractivity contribution in [2.24, 2.45) is 0 Å². The first-order chi connectivity index (χ1) is 15.1. The second-order valence-corrected chi connectivity index (χ2v) is 9.45. The third-order valence-corrected chi connectivity index (χ3v) is 6.17. The van der Waals surface area contributed by atoms with Crippen molar-refractivity contribution in [3.05, 3.63) is 59.7 Å². The Balaban J connectivity index is 2.35. The Kier molecular flexibility index (Phi) is 8.65. The van der Waals surface area contributed by atoms with E-state index in [2.05, 4.69) is 5.32 Å². The first kappa shape index (κ1) is 25.2. The number of nitrogens with zero attached hydrogens (tertiary/aromatic N) is 2. The number of ether oxygens (including phenoxy) is 1. The molecule has 174 valence electrons. The van der Waals surface area contributed by atoms with Crippen LogP contribution in [0, 0.1) is 6.92 Å². The normalized spacial score (nSPS) is 12.0. The lowest BCUT2D eigenvalue weighted by molar-refractivity contribution is -0.139. The predicted molar refractivity (Wildman–Crippen MR) is 125 cm³/mol. The first-order valence-corrected chi connectivity index (χ1v) is 12.2. The van der Waals surface area contributed by atoms with Gasteiger partial charge in [0.05, 0.1) is 19.1 Å². The number of nitrogens with one attached hydrogen (secondary N) is 1. The fourth-order valence-corrected chi connectivity index (χ4v) is 4.01. The molecule has 0 saturated carbocycles. The molecule has 2 aromatic carbocycles. The van der Waals surface area contributed by atoms with Crippen LogP contribution in [0.1, 0.15) is 25.0 Å². The van der Waals surface area contributed by atoms with Crippen LogP contribution in [0.3, 0.4) is 0 Å². The molecular weight excluding hydrogens is 430 g/mol. The lowest BCUT2D eigenvalue weighted by Crippen LogP contribution is -2.51. The van der Waals surface area contributed by atoms with Gasteiger partial charge in [-0.15, -0.1) is 0 Å². The predicted octanol–water partition coefficient (Wildman–Crippen LogP) is 2.32. The average Bonchev–Trinajstić information content (AvgIpc) is 2.75. The lowest BCUT2D eigenvalue weighted by Gasteiger charge is -2.31. The van der Waals surface area contributed by atoms with Crippen molar-refractivity contribution in [2.75, 3.05) is 30.8 Å². The van der Waals surface area contributed by atoms with E-state index in [9.17, 15) is 18.0 Å². The maximum absolute atomic E-state index is 13.3. The zero-order valence-corrected chi connectivity index (χ0v) is 20.0. The average molecular weight is 462 g/mol. The quantitative estimate of drug-likeness (QED) is 0.586. The minimum Gasteiger partial charge on any atom is -0.497 e.